The summed E-state index contributed by atoms with van der Waals surface area (Å²) >= 11 is 0. The first-order valence-electron chi connectivity index (χ1n) is 14.5. The van der Waals surface area contributed by atoms with Crippen LogP contribution in [0.5, 0.6) is 0 Å². The van der Waals surface area contributed by atoms with E-state index in [-0.39, 0.29) is 0 Å². The summed E-state index contributed by atoms with van der Waals surface area (Å²) in [7, 11) is 0. The molecule has 0 saturated carbocycles. The van der Waals surface area contributed by atoms with Crippen molar-refractivity contribution >= 4 is 65.9 Å². The van der Waals surface area contributed by atoms with Crippen LogP contribution in [0, 0.1) is 5.41 Å². The molecule has 0 atom stereocenters. The Balaban J connectivity index is 1.44. The number of rotatable bonds is 5. The van der Waals surface area contributed by atoms with Crippen LogP contribution in [0.3, 0.4) is 0 Å². The maximum Gasteiger partial charge on any atom is 0.0619 e. The van der Waals surface area contributed by atoms with Gasteiger partial charge in [0.15, 0.2) is 0 Å². The van der Waals surface area contributed by atoms with Gasteiger partial charge in [-0.1, -0.05) is 122 Å². The normalized spacial score (nSPS) is 12.0. The highest BCUT2D eigenvalue weighted by atomic mass is 15.0. The predicted octanol–water partition coefficient (Wildman–Crippen LogP) is 11.1. The highest BCUT2D eigenvalue weighted by molar-refractivity contribution is 6.20. The van der Waals surface area contributed by atoms with Gasteiger partial charge >= 0.3 is 0 Å². The molecule has 0 fully saturated rings. The first-order chi connectivity index (χ1) is 21.2. The number of allylic oxidation sites excluding steroid dienone is 3. The summed E-state index contributed by atoms with van der Waals surface area (Å²) in [5.41, 5.74) is 7.75. The van der Waals surface area contributed by atoms with E-state index in [1.54, 1.807) is 6.08 Å². The van der Waals surface area contributed by atoms with Crippen LogP contribution in [0.25, 0.3) is 76.5 Å². The van der Waals surface area contributed by atoms with Crippen LogP contribution in [-0.4, -0.2) is 10.8 Å². The molecule has 0 aliphatic carbocycles. The zero-order valence-corrected chi connectivity index (χ0v) is 23.6. The van der Waals surface area contributed by atoms with Crippen molar-refractivity contribution in [2.24, 2.45) is 0 Å². The minimum Gasteiger partial charge on any atom is -0.309 e. The molecule has 0 unspecified atom stereocenters. The SMILES string of the molecule is C=C/C=C(\C=N)c1ccc2c(ccc3c4ccc(-c5ccc6ccccc6c5)cc4n(-c4ccc5ccccc5c4)c23)c1. The minimum absolute atomic E-state index is 0.840. The fourth-order valence-electron chi connectivity index (χ4n) is 6.50. The molecule has 0 saturated heterocycles. The van der Waals surface area contributed by atoms with E-state index in [0.29, 0.717) is 0 Å². The van der Waals surface area contributed by atoms with E-state index in [4.69, 9.17) is 5.41 Å². The van der Waals surface area contributed by atoms with E-state index < -0.39 is 0 Å². The van der Waals surface area contributed by atoms with Crippen LogP contribution < -0.4 is 0 Å². The molecule has 0 amide bonds. The van der Waals surface area contributed by atoms with Crippen molar-refractivity contribution in [3.63, 3.8) is 0 Å². The van der Waals surface area contributed by atoms with E-state index in [1.807, 2.05) is 6.08 Å². The second-order valence-electron chi connectivity index (χ2n) is 11.1. The molecule has 1 aromatic heterocycles. The lowest BCUT2D eigenvalue weighted by Crippen LogP contribution is -1.95. The van der Waals surface area contributed by atoms with Gasteiger partial charge in [0, 0.05) is 28.1 Å². The van der Waals surface area contributed by atoms with Crippen LogP contribution in [0.2, 0.25) is 0 Å². The first-order valence-corrected chi connectivity index (χ1v) is 14.5. The molecule has 7 aromatic carbocycles. The van der Waals surface area contributed by atoms with Crippen LogP contribution in [-0.2, 0) is 0 Å². The Hall–Kier alpha value is -5.73. The van der Waals surface area contributed by atoms with Crippen molar-refractivity contribution in [2.75, 3.05) is 0 Å². The van der Waals surface area contributed by atoms with E-state index >= 15 is 0 Å². The zero-order chi connectivity index (χ0) is 28.9. The average molecular weight is 549 g/mol. The highest BCUT2D eigenvalue weighted by Crippen LogP contribution is 2.39. The third-order valence-corrected chi connectivity index (χ3v) is 8.60. The molecule has 1 heterocycles. The molecule has 43 heavy (non-hydrogen) atoms. The monoisotopic (exact) mass is 548 g/mol. The van der Waals surface area contributed by atoms with Gasteiger partial charge in [0.2, 0.25) is 0 Å². The van der Waals surface area contributed by atoms with Gasteiger partial charge in [-0.25, -0.2) is 0 Å². The predicted molar refractivity (Wildman–Crippen MR) is 186 cm³/mol. The fourth-order valence-corrected chi connectivity index (χ4v) is 6.50. The van der Waals surface area contributed by atoms with Crippen LogP contribution in [0.4, 0.5) is 0 Å². The third-order valence-electron chi connectivity index (χ3n) is 8.60. The summed E-state index contributed by atoms with van der Waals surface area (Å²) < 4.78 is 2.43. The van der Waals surface area contributed by atoms with Gasteiger partial charge in [-0.05, 0) is 79.5 Å². The average Bonchev–Trinajstić information content (AvgIpc) is 3.40. The Kier molecular flexibility index (Phi) is 5.80. The maximum absolute atomic E-state index is 7.92. The van der Waals surface area contributed by atoms with Gasteiger partial charge in [-0.3, -0.25) is 0 Å². The van der Waals surface area contributed by atoms with Gasteiger partial charge in [-0.15, -0.1) is 0 Å². The lowest BCUT2D eigenvalue weighted by Gasteiger charge is -2.12. The maximum atomic E-state index is 7.92. The van der Waals surface area contributed by atoms with E-state index in [1.165, 1.54) is 66.1 Å². The Bertz CT molecular complexity index is 2440. The molecule has 1 N–H and O–H groups in total. The Morgan fingerprint density at radius 3 is 1.95 bits per heavy atom. The smallest absolute Gasteiger partial charge is 0.0619 e. The molecule has 0 aliphatic rings. The summed E-state index contributed by atoms with van der Waals surface area (Å²) in [6, 6.07) is 48.4. The van der Waals surface area contributed by atoms with Crippen LogP contribution in [0.1, 0.15) is 5.56 Å². The van der Waals surface area contributed by atoms with Gasteiger partial charge in [0.1, 0.15) is 0 Å². The van der Waals surface area contributed by atoms with Crippen molar-refractivity contribution in [2.45, 2.75) is 0 Å². The summed E-state index contributed by atoms with van der Waals surface area (Å²) in [6.45, 7) is 3.83. The molecule has 202 valence electrons. The van der Waals surface area contributed by atoms with Crippen molar-refractivity contribution in [1.82, 2.24) is 4.57 Å². The van der Waals surface area contributed by atoms with E-state index in [0.717, 1.165) is 22.2 Å². The second-order valence-corrected chi connectivity index (χ2v) is 11.1. The highest BCUT2D eigenvalue weighted by Gasteiger charge is 2.17. The van der Waals surface area contributed by atoms with Gasteiger partial charge in [0.05, 0.1) is 11.0 Å². The first kappa shape index (κ1) is 25.0. The molecule has 8 aromatic rings. The third kappa shape index (κ3) is 4.07. The molecule has 0 bridgehead atoms. The number of hydrogen-bond donors (Lipinski definition) is 1. The van der Waals surface area contributed by atoms with Crippen molar-refractivity contribution in [1.29, 1.82) is 5.41 Å². The van der Waals surface area contributed by atoms with Crippen LogP contribution >= 0.6 is 0 Å². The molecule has 0 aliphatic heterocycles. The van der Waals surface area contributed by atoms with Crippen LogP contribution in [0.15, 0.2) is 152 Å². The minimum atomic E-state index is 0.840. The Morgan fingerprint density at radius 2 is 1.19 bits per heavy atom. The van der Waals surface area contributed by atoms with Crippen molar-refractivity contribution < 1.29 is 0 Å². The summed E-state index contributed by atoms with van der Waals surface area (Å²) in [5, 5.41) is 17.6. The Morgan fingerprint density at radius 1 is 0.558 bits per heavy atom. The summed E-state index contributed by atoms with van der Waals surface area (Å²) in [4.78, 5) is 0. The molecule has 2 heteroatoms. The van der Waals surface area contributed by atoms with E-state index in [2.05, 4.69) is 145 Å². The molecule has 0 radical (unpaired) electrons. The largest absolute Gasteiger partial charge is 0.309 e. The fraction of sp³-hybridized carbons (Fsp3) is 0. The van der Waals surface area contributed by atoms with Gasteiger partial charge in [-0.2, -0.15) is 0 Å². The topological polar surface area (TPSA) is 28.8 Å². The van der Waals surface area contributed by atoms with Crippen molar-refractivity contribution in [3.05, 3.63) is 158 Å². The number of benzene rings is 7. The number of fused-ring (bicyclic) bond motifs is 7. The second kappa shape index (κ2) is 9.97. The summed E-state index contributed by atoms with van der Waals surface area (Å²) in [6.07, 6.45) is 5.01. The number of nitrogens with one attached hydrogen (secondary N) is 1. The Labute approximate surface area is 250 Å². The van der Waals surface area contributed by atoms with Crippen molar-refractivity contribution in [3.8, 4) is 16.8 Å². The molecular weight excluding hydrogens is 520 g/mol. The van der Waals surface area contributed by atoms with Gasteiger partial charge in [0.25, 0.3) is 0 Å². The molecule has 2 nitrogen and oxygen atoms in total. The number of nitrogens with zero attached hydrogens (tertiary/aromatic N) is 1. The number of aromatic nitrogens is 1. The standard InChI is InChI=1S/C41H28N2/c1-2-7-35(26-42)32-15-19-37-34(23-32)17-21-39-38-20-16-33(31-13-12-27-8-3-5-10-29(27)22-31)25-40(38)43(41(37)39)36-18-14-28-9-4-6-11-30(28)24-36/h2-26,42H,1H2/b35-7+,42-26?. The van der Waals surface area contributed by atoms with Gasteiger partial charge < -0.3 is 9.98 Å². The van der Waals surface area contributed by atoms with E-state index in [9.17, 15) is 0 Å². The number of hydrogen-bond acceptors (Lipinski definition) is 1. The summed E-state index contributed by atoms with van der Waals surface area (Å²) in [5.74, 6) is 0. The lowest BCUT2D eigenvalue weighted by molar-refractivity contribution is 1.19. The lowest BCUT2D eigenvalue weighted by atomic mass is 9.98. The molecule has 0 spiro atoms. The quantitative estimate of drug-likeness (QED) is 0.164. The molecular formula is C41H28N2. The molecule has 8 rings (SSSR count). The zero-order valence-electron chi connectivity index (χ0n) is 23.6.